The van der Waals surface area contributed by atoms with Crippen LogP contribution in [0.4, 0.5) is 5.13 Å². The molecule has 0 bridgehead atoms. The van der Waals surface area contributed by atoms with Crippen LogP contribution < -0.4 is 4.90 Å². The SMILES string of the molecule is C=CCN(CC=C)c1nc(CCl)cs1. The molecule has 0 fully saturated rings. The first-order valence-corrected chi connectivity index (χ1v) is 5.70. The van der Waals surface area contributed by atoms with Crippen molar-refractivity contribution >= 4 is 28.1 Å². The summed E-state index contributed by atoms with van der Waals surface area (Å²) in [5, 5.41) is 2.95. The zero-order chi connectivity index (χ0) is 10.4. The van der Waals surface area contributed by atoms with Crippen molar-refractivity contribution in [3.63, 3.8) is 0 Å². The van der Waals surface area contributed by atoms with E-state index in [4.69, 9.17) is 11.6 Å². The standard InChI is InChI=1S/C10H13ClN2S/c1-3-5-13(6-4-2)10-12-9(7-11)8-14-10/h3-4,8H,1-2,5-7H2. The smallest absolute Gasteiger partial charge is 0.186 e. The predicted molar refractivity (Wildman–Crippen MR) is 64.3 cm³/mol. The number of nitrogens with zero attached hydrogens (tertiary/aromatic N) is 2. The molecule has 0 spiro atoms. The number of thiazole rings is 1. The maximum atomic E-state index is 5.68. The third-order valence-corrected chi connectivity index (χ3v) is 2.87. The molecule has 0 aliphatic rings. The van der Waals surface area contributed by atoms with Gasteiger partial charge in [-0.3, -0.25) is 0 Å². The molecule has 0 aliphatic heterocycles. The van der Waals surface area contributed by atoms with Gasteiger partial charge in [-0.15, -0.1) is 36.1 Å². The molecule has 0 saturated heterocycles. The highest BCUT2D eigenvalue weighted by Gasteiger charge is 2.07. The molecule has 2 nitrogen and oxygen atoms in total. The lowest BCUT2D eigenvalue weighted by molar-refractivity contribution is 0.940. The minimum Gasteiger partial charge on any atom is -0.341 e. The van der Waals surface area contributed by atoms with Gasteiger partial charge in [-0.2, -0.15) is 0 Å². The van der Waals surface area contributed by atoms with Crippen LogP contribution in [-0.4, -0.2) is 18.1 Å². The van der Waals surface area contributed by atoms with Crippen LogP contribution in [0.5, 0.6) is 0 Å². The fourth-order valence-corrected chi connectivity index (χ4v) is 2.12. The lowest BCUT2D eigenvalue weighted by Gasteiger charge is -2.17. The van der Waals surface area contributed by atoms with Gasteiger partial charge >= 0.3 is 0 Å². The number of rotatable bonds is 6. The first kappa shape index (κ1) is 11.3. The van der Waals surface area contributed by atoms with Crippen molar-refractivity contribution in [3.8, 4) is 0 Å². The van der Waals surface area contributed by atoms with Gasteiger partial charge in [0.15, 0.2) is 5.13 Å². The van der Waals surface area contributed by atoms with E-state index in [1.165, 1.54) is 0 Å². The summed E-state index contributed by atoms with van der Waals surface area (Å²) in [5.41, 5.74) is 0.921. The second-order valence-corrected chi connectivity index (χ2v) is 3.84. The summed E-state index contributed by atoms with van der Waals surface area (Å²) in [6.07, 6.45) is 3.70. The zero-order valence-corrected chi connectivity index (χ0v) is 9.52. The summed E-state index contributed by atoms with van der Waals surface area (Å²) < 4.78 is 0. The lowest BCUT2D eigenvalue weighted by Crippen LogP contribution is -2.22. The third-order valence-electron chi connectivity index (χ3n) is 1.65. The Morgan fingerprint density at radius 1 is 1.43 bits per heavy atom. The van der Waals surface area contributed by atoms with Crippen LogP contribution in [0.1, 0.15) is 5.69 Å². The second kappa shape index (κ2) is 5.83. The van der Waals surface area contributed by atoms with Crippen LogP contribution in [0.3, 0.4) is 0 Å². The summed E-state index contributed by atoms with van der Waals surface area (Å²) in [4.78, 5) is 6.48. The molecule has 0 unspecified atom stereocenters. The van der Waals surface area contributed by atoms with Crippen molar-refractivity contribution in [1.29, 1.82) is 0 Å². The maximum Gasteiger partial charge on any atom is 0.186 e. The molecular formula is C10H13ClN2S. The van der Waals surface area contributed by atoms with Crippen molar-refractivity contribution in [2.45, 2.75) is 5.88 Å². The molecular weight excluding hydrogens is 216 g/mol. The molecule has 4 heteroatoms. The Kier molecular flexibility index (Phi) is 4.70. The monoisotopic (exact) mass is 228 g/mol. The number of hydrogen-bond acceptors (Lipinski definition) is 3. The van der Waals surface area contributed by atoms with E-state index in [1.807, 2.05) is 17.5 Å². The summed E-state index contributed by atoms with van der Waals surface area (Å²) in [7, 11) is 0. The number of hydrogen-bond donors (Lipinski definition) is 0. The average Bonchev–Trinajstić information content (AvgIpc) is 2.65. The molecule has 76 valence electrons. The Balaban J connectivity index is 2.75. The molecule has 1 rings (SSSR count). The fourth-order valence-electron chi connectivity index (χ4n) is 1.05. The first-order valence-electron chi connectivity index (χ1n) is 4.29. The van der Waals surface area contributed by atoms with E-state index >= 15 is 0 Å². The number of alkyl halides is 1. The highest BCUT2D eigenvalue weighted by Crippen LogP contribution is 2.21. The van der Waals surface area contributed by atoms with Crippen molar-refractivity contribution in [2.75, 3.05) is 18.0 Å². The fraction of sp³-hybridized carbons (Fsp3) is 0.300. The Morgan fingerprint density at radius 3 is 2.50 bits per heavy atom. The first-order chi connectivity index (χ1) is 6.81. The van der Waals surface area contributed by atoms with E-state index in [0.717, 1.165) is 23.9 Å². The van der Waals surface area contributed by atoms with Gasteiger partial charge in [0, 0.05) is 18.5 Å². The Morgan fingerprint density at radius 2 is 2.07 bits per heavy atom. The zero-order valence-electron chi connectivity index (χ0n) is 7.95. The molecule has 0 atom stereocenters. The van der Waals surface area contributed by atoms with Gasteiger partial charge in [-0.05, 0) is 0 Å². The molecule has 0 saturated carbocycles. The number of anilines is 1. The van der Waals surface area contributed by atoms with Gasteiger partial charge in [-0.25, -0.2) is 4.98 Å². The van der Waals surface area contributed by atoms with Crippen LogP contribution >= 0.6 is 22.9 Å². The topological polar surface area (TPSA) is 16.1 Å². The normalized spacial score (nSPS) is 9.79. The predicted octanol–water partition coefficient (Wildman–Crippen LogP) is 3.06. The molecule has 0 N–H and O–H groups in total. The van der Waals surface area contributed by atoms with Crippen LogP contribution in [-0.2, 0) is 5.88 Å². The van der Waals surface area contributed by atoms with Crippen LogP contribution in [0, 0.1) is 0 Å². The molecule has 1 aromatic heterocycles. The van der Waals surface area contributed by atoms with Gasteiger partial charge in [-0.1, -0.05) is 12.2 Å². The maximum absolute atomic E-state index is 5.68. The van der Waals surface area contributed by atoms with Gasteiger partial charge in [0.25, 0.3) is 0 Å². The van der Waals surface area contributed by atoms with Crippen molar-refractivity contribution in [3.05, 3.63) is 36.4 Å². The van der Waals surface area contributed by atoms with Gasteiger partial charge in [0.1, 0.15) is 0 Å². The van der Waals surface area contributed by atoms with Crippen LogP contribution in [0.25, 0.3) is 0 Å². The number of aromatic nitrogens is 1. The molecule has 14 heavy (non-hydrogen) atoms. The second-order valence-electron chi connectivity index (χ2n) is 2.74. The highest BCUT2D eigenvalue weighted by atomic mass is 35.5. The van der Waals surface area contributed by atoms with Crippen LogP contribution in [0.15, 0.2) is 30.7 Å². The summed E-state index contributed by atoms with van der Waals surface area (Å²) >= 11 is 7.28. The quantitative estimate of drug-likeness (QED) is 0.550. The highest BCUT2D eigenvalue weighted by molar-refractivity contribution is 7.13. The van der Waals surface area contributed by atoms with Gasteiger partial charge in [0.05, 0.1) is 11.6 Å². The molecule has 1 aromatic rings. The van der Waals surface area contributed by atoms with Crippen molar-refractivity contribution in [1.82, 2.24) is 4.98 Å². The molecule has 0 radical (unpaired) electrons. The minimum absolute atomic E-state index is 0.465. The molecule has 0 aliphatic carbocycles. The number of halogens is 1. The van der Waals surface area contributed by atoms with Gasteiger partial charge < -0.3 is 4.90 Å². The van der Waals surface area contributed by atoms with E-state index in [1.54, 1.807) is 11.3 Å². The van der Waals surface area contributed by atoms with Crippen molar-refractivity contribution in [2.24, 2.45) is 0 Å². The minimum atomic E-state index is 0.465. The van der Waals surface area contributed by atoms with Crippen molar-refractivity contribution < 1.29 is 0 Å². The van der Waals surface area contributed by atoms with E-state index in [9.17, 15) is 0 Å². The van der Waals surface area contributed by atoms with E-state index in [0.29, 0.717) is 5.88 Å². The molecule has 0 aromatic carbocycles. The lowest BCUT2D eigenvalue weighted by atomic mass is 10.5. The van der Waals surface area contributed by atoms with Crippen LogP contribution in [0.2, 0.25) is 0 Å². The average molecular weight is 229 g/mol. The summed E-state index contributed by atoms with van der Waals surface area (Å²) in [5.74, 6) is 0.465. The summed E-state index contributed by atoms with van der Waals surface area (Å²) in [6, 6.07) is 0. The van der Waals surface area contributed by atoms with Gasteiger partial charge in [0.2, 0.25) is 0 Å². The molecule has 1 heterocycles. The Bertz CT molecular complexity index is 299. The Hall–Kier alpha value is -0.800. The van der Waals surface area contributed by atoms with E-state index in [2.05, 4.69) is 23.0 Å². The Labute approximate surface area is 93.5 Å². The third kappa shape index (κ3) is 2.86. The summed E-state index contributed by atoms with van der Waals surface area (Å²) in [6.45, 7) is 8.98. The molecule has 0 amide bonds. The largest absolute Gasteiger partial charge is 0.341 e. The van der Waals surface area contributed by atoms with E-state index < -0.39 is 0 Å². The van der Waals surface area contributed by atoms with E-state index in [-0.39, 0.29) is 0 Å².